The molecule has 0 saturated carbocycles. The van der Waals surface area contributed by atoms with E-state index >= 15 is 0 Å². The van der Waals surface area contributed by atoms with Crippen molar-refractivity contribution in [1.82, 2.24) is 19.6 Å². The summed E-state index contributed by atoms with van der Waals surface area (Å²) in [6, 6.07) is -0.281. The summed E-state index contributed by atoms with van der Waals surface area (Å²) < 4.78 is 3.57. The average molecular weight is 304 g/mol. The van der Waals surface area contributed by atoms with E-state index in [4.69, 9.17) is 0 Å². The molecular formula is C15H24N6O. The molecule has 0 aliphatic heterocycles. The Balaban J connectivity index is 2.16. The predicted octanol–water partition coefficient (Wildman–Crippen LogP) is 3.02. The fourth-order valence-corrected chi connectivity index (χ4v) is 2.48. The number of amides is 2. The first-order valence-corrected chi connectivity index (χ1v) is 7.49. The van der Waals surface area contributed by atoms with E-state index in [9.17, 15) is 4.79 Å². The van der Waals surface area contributed by atoms with E-state index < -0.39 is 0 Å². The lowest BCUT2D eigenvalue weighted by Crippen LogP contribution is -2.21. The molecule has 2 amide bonds. The zero-order valence-electron chi connectivity index (χ0n) is 14.1. The van der Waals surface area contributed by atoms with E-state index in [1.54, 1.807) is 4.68 Å². The van der Waals surface area contributed by atoms with E-state index in [2.05, 4.69) is 20.8 Å². The zero-order chi connectivity index (χ0) is 16.4. The van der Waals surface area contributed by atoms with Crippen molar-refractivity contribution in [2.24, 2.45) is 7.05 Å². The molecule has 120 valence electrons. The van der Waals surface area contributed by atoms with Gasteiger partial charge < -0.3 is 10.6 Å². The van der Waals surface area contributed by atoms with Crippen LogP contribution >= 0.6 is 0 Å². The summed E-state index contributed by atoms with van der Waals surface area (Å²) in [5, 5.41) is 14.5. The second-order valence-electron chi connectivity index (χ2n) is 5.70. The standard InChI is InChI=1S/C15H24N6O/c1-7-21-11(5)14(10(4)18-21)17-15(22)16-12-8-20(6)19-13(12)9(2)3/h8-9H,7H2,1-6H3,(H2,16,17,22). The van der Waals surface area contributed by atoms with Gasteiger partial charge in [0.25, 0.3) is 0 Å². The van der Waals surface area contributed by atoms with E-state index in [0.29, 0.717) is 0 Å². The number of carbonyl (C=O) groups is 1. The molecule has 2 aromatic rings. The molecule has 0 fully saturated rings. The van der Waals surface area contributed by atoms with Crippen LogP contribution in [0.4, 0.5) is 16.2 Å². The van der Waals surface area contributed by atoms with Gasteiger partial charge in [-0.1, -0.05) is 13.8 Å². The number of rotatable bonds is 4. The normalized spacial score (nSPS) is 11.0. The molecule has 2 N–H and O–H groups in total. The zero-order valence-corrected chi connectivity index (χ0v) is 14.1. The van der Waals surface area contributed by atoms with Gasteiger partial charge in [-0.15, -0.1) is 0 Å². The highest BCUT2D eigenvalue weighted by Gasteiger charge is 2.17. The minimum absolute atomic E-state index is 0.239. The van der Waals surface area contributed by atoms with Gasteiger partial charge in [-0.3, -0.25) is 9.36 Å². The smallest absolute Gasteiger partial charge is 0.305 e. The van der Waals surface area contributed by atoms with Gasteiger partial charge in [0.2, 0.25) is 0 Å². The lowest BCUT2D eigenvalue weighted by molar-refractivity contribution is 0.262. The molecule has 2 rings (SSSR count). The van der Waals surface area contributed by atoms with Crippen molar-refractivity contribution in [3.05, 3.63) is 23.3 Å². The molecule has 0 aliphatic rings. The molecule has 0 unspecified atom stereocenters. The van der Waals surface area contributed by atoms with Gasteiger partial charge in [0.15, 0.2) is 0 Å². The van der Waals surface area contributed by atoms with E-state index in [1.165, 1.54) is 0 Å². The number of aryl methyl sites for hydroxylation is 3. The third kappa shape index (κ3) is 3.13. The van der Waals surface area contributed by atoms with Crippen LogP contribution in [0.15, 0.2) is 6.20 Å². The molecule has 7 nitrogen and oxygen atoms in total. The lowest BCUT2D eigenvalue weighted by Gasteiger charge is -2.09. The van der Waals surface area contributed by atoms with Gasteiger partial charge in [0.1, 0.15) is 0 Å². The van der Waals surface area contributed by atoms with Crippen molar-refractivity contribution in [3.63, 3.8) is 0 Å². The Morgan fingerprint density at radius 2 is 1.95 bits per heavy atom. The SMILES string of the molecule is CCn1nc(C)c(NC(=O)Nc2cn(C)nc2C(C)C)c1C. The molecule has 2 aromatic heterocycles. The molecule has 0 aliphatic carbocycles. The van der Waals surface area contributed by atoms with E-state index in [0.717, 1.165) is 35.0 Å². The Hall–Kier alpha value is -2.31. The van der Waals surface area contributed by atoms with Gasteiger partial charge in [-0.2, -0.15) is 10.2 Å². The topological polar surface area (TPSA) is 76.8 Å². The van der Waals surface area contributed by atoms with E-state index in [1.807, 2.05) is 52.5 Å². The summed E-state index contributed by atoms with van der Waals surface area (Å²) in [4.78, 5) is 12.3. The highest BCUT2D eigenvalue weighted by Crippen LogP contribution is 2.23. The molecular weight excluding hydrogens is 280 g/mol. The van der Waals surface area contributed by atoms with Gasteiger partial charge in [0, 0.05) is 19.8 Å². The molecule has 7 heteroatoms. The van der Waals surface area contributed by atoms with Crippen LogP contribution in [-0.4, -0.2) is 25.6 Å². The number of hydrogen-bond acceptors (Lipinski definition) is 3. The fourth-order valence-electron chi connectivity index (χ4n) is 2.48. The molecule has 0 saturated heterocycles. The maximum absolute atomic E-state index is 12.3. The van der Waals surface area contributed by atoms with E-state index in [-0.39, 0.29) is 11.9 Å². The van der Waals surface area contributed by atoms with Crippen molar-refractivity contribution in [1.29, 1.82) is 0 Å². The second kappa shape index (κ2) is 6.21. The van der Waals surface area contributed by atoms with Crippen molar-refractivity contribution < 1.29 is 4.79 Å². The highest BCUT2D eigenvalue weighted by molar-refractivity contribution is 6.00. The Bertz CT molecular complexity index is 683. The largest absolute Gasteiger partial charge is 0.323 e. The first-order chi connectivity index (χ1) is 10.3. The highest BCUT2D eigenvalue weighted by atomic mass is 16.2. The Kier molecular flexibility index (Phi) is 4.54. The van der Waals surface area contributed by atoms with Crippen LogP contribution in [0, 0.1) is 13.8 Å². The number of hydrogen-bond donors (Lipinski definition) is 2. The Morgan fingerprint density at radius 3 is 2.50 bits per heavy atom. The molecule has 0 atom stereocenters. The number of anilines is 2. The third-order valence-corrected chi connectivity index (χ3v) is 3.57. The number of nitrogens with one attached hydrogen (secondary N) is 2. The number of urea groups is 1. The van der Waals surface area contributed by atoms with Gasteiger partial charge in [0.05, 0.1) is 28.5 Å². The minimum atomic E-state index is -0.281. The van der Waals surface area contributed by atoms with Gasteiger partial charge >= 0.3 is 6.03 Å². The Morgan fingerprint density at radius 1 is 1.27 bits per heavy atom. The Labute approximate surface area is 130 Å². The number of carbonyl (C=O) groups excluding carboxylic acids is 1. The van der Waals surface area contributed by atoms with Crippen molar-refractivity contribution >= 4 is 17.4 Å². The first kappa shape index (κ1) is 16.1. The monoisotopic (exact) mass is 304 g/mol. The van der Waals surface area contributed by atoms with Crippen LogP contribution in [0.25, 0.3) is 0 Å². The van der Waals surface area contributed by atoms with Crippen LogP contribution in [0.5, 0.6) is 0 Å². The average Bonchev–Trinajstić information content (AvgIpc) is 2.93. The predicted molar refractivity (Wildman–Crippen MR) is 87.3 cm³/mol. The third-order valence-electron chi connectivity index (χ3n) is 3.57. The second-order valence-corrected chi connectivity index (χ2v) is 5.70. The summed E-state index contributed by atoms with van der Waals surface area (Å²) in [7, 11) is 1.84. The van der Waals surface area contributed by atoms with Crippen molar-refractivity contribution in [2.45, 2.75) is 47.1 Å². The number of aromatic nitrogens is 4. The maximum atomic E-state index is 12.3. The molecule has 0 bridgehead atoms. The minimum Gasteiger partial charge on any atom is -0.305 e. The van der Waals surface area contributed by atoms with Crippen LogP contribution in [0.1, 0.15) is 43.8 Å². The van der Waals surface area contributed by atoms with Gasteiger partial charge in [-0.05, 0) is 26.7 Å². The molecule has 2 heterocycles. The lowest BCUT2D eigenvalue weighted by atomic mass is 10.1. The summed E-state index contributed by atoms with van der Waals surface area (Å²) >= 11 is 0. The van der Waals surface area contributed by atoms with Crippen LogP contribution < -0.4 is 10.6 Å². The maximum Gasteiger partial charge on any atom is 0.323 e. The summed E-state index contributed by atoms with van der Waals surface area (Å²) in [5.41, 5.74) is 4.12. The van der Waals surface area contributed by atoms with Gasteiger partial charge in [-0.25, -0.2) is 4.79 Å². The fraction of sp³-hybridized carbons (Fsp3) is 0.533. The van der Waals surface area contributed by atoms with Crippen molar-refractivity contribution in [2.75, 3.05) is 10.6 Å². The van der Waals surface area contributed by atoms with Crippen LogP contribution in [0.2, 0.25) is 0 Å². The summed E-state index contributed by atoms with van der Waals surface area (Å²) in [6.07, 6.45) is 1.81. The van der Waals surface area contributed by atoms with Crippen LogP contribution in [0.3, 0.4) is 0 Å². The molecule has 22 heavy (non-hydrogen) atoms. The van der Waals surface area contributed by atoms with Crippen LogP contribution in [-0.2, 0) is 13.6 Å². The first-order valence-electron chi connectivity index (χ1n) is 7.49. The van der Waals surface area contributed by atoms with Crippen molar-refractivity contribution in [3.8, 4) is 0 Å². The number of nitrogens with zero attached hydrogens (tertiary/aromatic N) is 4. The molecule has 0 radical (unpaired) electrons. The molecule has 0 spiro atoms. The summed E-state index contributed by atoms with van der Waals surface area (Å²) in [6.45, 7) is 10.7. The molecule has 0 aromatic carbocycles. The quantitative estimate of drug-likeness (QED) is 0.911. The summed E-state index contributed by atoms with van der Waals surface area (Å²) in [5.74, 6) is 0.239.